The summed E-state index contributed by atoms with van der Waals surface area (Å²) < 4.78 is 20.8. The third-order valence-electron chi connectivity index (χ3n) is 7.34. The number of nitrogens with zero attached hydrogens (tertiary/aromatic N) is 6. The van der Waals surface area contributed by atoms with E-state index in [0.29, 0.717) is 22.9 Å². The number of amides is 1. The van der Waals surface area contributed by atoms with Crippen LogP contribution in [0, 0.1) is 5.82 Å². The molecule has 1 aliphatic carbocycles. The molecule has 1 amide bonds. The summed E-state index contributed by atoms with van der Waals surface area (Å²) in [5.74, 6) is 0.236. The Morgan fingerprint density at radius 1 is 1.05 bits per heavy atom. The van der Waals surface area contributed by atoms with Crippen molar-refractivity contribution in [3.05, 3.63) is 88.7 Å². The lowest BCUT2D eigenvalue weighted by atomic mass is 9.86. The average Bonchev–Trinajstić information content (AvgIpc) is 3.60. The van der Waals surface area contributed by atoms with E-state index in [1.54, 1.807) is 35.9 Å². The average molecular weight is 581 g/mol. The molecule has 1 fully saturated rings. The van der Waals surface area contributed by atoms with Gasteiger partial charge in [-0.15, -0.1) is 16.4 Å². The standard InChI is InChI=1S/C30H25FN8O2S/c1-2-21-32-14-18(15-33-21)25-24(36-29(42-25)17-10-6-11-17)28-38-39-30(41-28)37-26-27(40)35-23-19(12-7-13-20(23)31)22(34-26)16-8-4-3-5-9-16/h3-5,7-9,12-15,17,26H,2,6,10-11H2,1H3,(H,35,40)(H,37,39)/t26-/m1/s1. The number of anilines is 2. The van der Waals surface area contributed by atoms with Crippen LogP contribution in [0.3, 0.4) is 0 Å². The molecule has 2 aliphatic rings. The lowest BCUT2D eigenvalue weighted by Crippen LogP contribution is -2.32. The molecule has 210 valence electrons. The molecule has 0 unspecified atom stereocenters. The summed E-state index contributed by atoms with van der Waals surface area (Å²) in [6.45, 7) is 2.01. The number of carbonyl (C=O) groups is 1. The maximum absolute atomic E-state index is 14.8. The molecule has 4 heterocycles. The molecule has 42 heavy (non-hydrogen) atoms. The first kappa shape index (κ1) is 26.1. The molecule has 0 spiro atoms. The third kappa shape index (κ3) is 4.83. The zero-order valence-electron chi connectivity index (χ0n) is 22.5. The fourth-order valence-corrected chi connectivity index (χ4v) is 6.08. The number of aromatic nitrogens is 5. The molecule has 0 bridgehead atoms. The van der Waals surface area contributed by atoms with Crippen LogP contribution in [0.4, 0.5) is 16.1 Å². The number of aryl methyl sites for hydroxylation is 1. The van der Waals surface area contributed by atoms with Crippen LogP contribution in [0.15, 0.2) is 70.3 Å². The Kier molecular flexibility index (Phi) is 6.74. The third-order valence-corrected chi connectivity index (χ3v) is 8.61. The van der Waals surface area contributed by atoms with Gasteiger partial charge in [-0.05, 0) is 18.9 Å². The van der Waals surface area contributed by atoms with E-state index < -0.39 is 17.9 Å². The second-order valence-electron chi connectivity index (χ2n) is 10.1. The Labute approximate surface area is 244 Å². The first-order chi connectivity index (χ1) is 20.6. The number of fused-ring (bicyclic) bond motifs is 1. The van der Waals surface area contributed by atoms with Crippen molar-refractivity contribution >= 4 is 34.7 Å². The van der Waals surface area contributed by atoms with Crippen molar-refractivity contribution in [1.82, 2.24) is 25.1 Å². The number of carbonyl (C=O) groups excluding carboxylic acids is 1. The van der Waals surface area contributed by atoms with Crippen LogP contribution < -0.4 is 10.6 Å². The zero-order chi connectivity index (χ0) is 28.6. The number of aliphatic imine (C=N–C) groups is 1. The van der Waals surface area contributed by atoms with Gasteiger partial charge in [0.2, 0.25) is 6.17 Å². The van der Waals surface area contributed by atoms with E-state index in [1.807, 2.05) is 37.3 Å². The van der Waals surface area contributed by atoms with Gasteiger partial charge in [-0.3, -0.25) is 4.79 Å². The van der Waals surface area contributed by atoms with E-state index in [-0.39, 0.29) is 17.6 Å². The van der Waals surface area contributed by atoms with E-state index in [2.05, 4.69) is 35.8 Å². The molecule has 2 N–H and O–H groups in total. The molecule has 10 nitrogen and oxygen atoms in total. The zero-order valence-corrected chi connectivity index (χ0v) is 23.4. The van der Waals surface area contributed by atoms with Gasteiger partial charge in [0.05, 0.1) is 21.3 Å². The van der Waals surface area contributed by atoms with E-state index in [0.717, 1.165) is 46.1 Å². The van der Waals surface area contributed by atoms with Crippen molar-refractivity contribution in [3.63, 3.8) is 0 Å². The highest BCUT2D eigenvalue weighted by molar-refractivity contribution is 7.15. The number of benzene rings is 2. The van der Waals surface area contributed by atoms with Crippen molar-refractivity contribution in [1.29, 1.82) is 0 Å². The van der Waals surface area contributed by atoms with Crippen LogP contribution in [-0.4, -0.2) is 42.9 Å². The monoisotopic (exact) mass is 580 g/mol. The lowest BCUT2D eigenvalue weighted by molar-refractivity contribution is -0.116. The number of hydrogen-bond acceptors (Lipinski definition) is 10. The molecule has 12 heteroatoms. The molecular formula is C30H25FN8O2S. The van der Waals surface area contributed by atoms with Crippen LogP contribution in [0.2, 0.25) is 0 Å². The van der Waals surface area contributed by atoms with Gasteiger partial charge in [0.1, 0.15) is 17.3 Å². The van der Waals surface area contributed by atoms with E-state index >= 15 is 0 Å². The molecule has 5 aromatic rings. The molecule has 3 aromatic heterocycles. The Morgan fingerprint density at radius 2 is 1.86 bits per heavy atom. The maximum atomic E-state index is 14.8. The van der Waals surface area contributed by atoms with Crippen molar-refractivity contribution in [2.75, 3.05) is 10.6 Å². The largest absolute Gasteiger partial charge is 0.402 e. The van der Waals surface area contributed by atoms with E-state index in [4.69, 9.17) is 9.40 Å². The highest BCUT2D eigenvalue weighted by Gasteiger charge is 2.31. The number of para-hydroxylation sites is 1. The molecule has 0 saturated heterocycles. The summed E-state index contributed by atoms with van der Waals surface area (Å²) in [7, 11) is 0. The number of benzodiazepines with no additional fused rings is 1. The van der Waals surface area contributed by atoms with Crippen LogP contribution >= 0.6 is 11.3 Å². The molecular weight excluding hydrogens is 555 g/mol. The summed E-state index contributed by atoms with van der Waals surface area (Å²) in [6.07, 6.45) is 6.51. The second kappa shape index (κ2) is 10.9. The Balaban J connectivity index is 1.23. The van der Waals surface area contributed by atoms with E-state index in [1.165, 1.54) is 12.5 Å². The van der Waals surface area contributed by atoms with Gasteiger partial charge in [-0.1, -0.05) is 60.9 Å². The van der Waals surface area contributed by atoms with E-state index in [9.17, 15) is 9.18 Å². The summed E-state index contributed by atoms with van der Waals surface area (Å²) in [4.78, 5) is 32.6. The molecule has 2 aromatic carbocycles. The van der Waals surface area contributed by atoms with Crippen LogP contribution in [0.5, 0.6) is 0 Å². The molecule has 0 radical (unpaired) electrons. The van der Waals surface area contributed by atoms with Gasteiger partial charge in [-0.2, -0.15) is 0 Å². The van der Waals surface area contributed by atoms with Crippen LogP contribution in [0.1, 0.15) is 54.1 Å². The smallest absolute Gasteiger partial charge is 0.317 e. The SMILES string of the molecule is CCc1ncc(-c2sc(C3CCC3)nc2-c2nnc(N[C@H]3N=C(c4ccccc4)c4cccc(F)c4NC3=O)o2)cn1. The van der Waals surface area contributed by atoms with Crippen LogP contribution in [-0.2, 0) is 11.2 Å². The number of rotatable bonds is 7. The summed E-state index contributed by atoms with van der Waals surface area (Å²) in [5.41, 5.74) is 3.07. The highest BCUT2D eigenvalue weighted by atomic mass is 32.1. The minimum Gasteiger partial charge on any atom is -0.402 e. The molecule has 1 saturated carbocycles. The number of hydrogen-bond donors (Lipinski definition) is 2. The fraction of sp³-hybridized carbons (Fsp3) is 0.233. The summed E-state index contributed by atoms with van der Waals surface area (Å²) >= 11 is 1.58. The molecule has 1 aliphatic heterocycles. The van der Waals surface area contributed by atoms with Gasteiger partial charge >= 0.3 is 6.01 Å². The first-order valence-corrected chi connectivity index (χ1v) is 14.5. The fourth-order valence-electron chi connectivity index (χ4n) is 4.88. The Bertz CT molecular complexity index is 1800. The molecule has 1 atom stereocenters. The predicted octanol–water partition coefficient (Wildman–Crippen LogP) is 5.85. The topological polar surface area (TPSA) is 131 Å². The minimum absolute atomic E-state index is 0.0190. The quantitative estimate of drug-likeness (QED) is 0.245. The maximum Gasteiger partial charge on any atom is 0.317 e. The Hall–Kier alpha value is -4.84. The van der Waals surface area contributed by atoms with Crippen molar-refractivity contribution < 1.29 is 13.6 Å². The Morgan fingerprint density at radius 3 is 2.60 bits per heavy atom. The van der Waals surface area contributed by atoms with Gasteiger partial charge in [0.15, 0.2) is 0 Å². The van der Waals surface area contributed by atoms with Crippen molar-refractivity contribution in [2.45, 2.75) is 44.7 Å². The predicted molar refractivity (Wildman–Crippen MR) is 157 cm³/mol. The van der Waals surface area contributed by atoms with Gasteiger partial charge in [0, 0.05) is 41.4 Å². The molecule has 7 rings (SSSR count). The van der Waals surface area contributed by atoms with Gasteiger partial charge in [0.25, 0.3) is 11.8 Å². The number of thiazole rings is 1. The number of halogens is 1. The minimum atomic E-state index is -1.17. The second-order valence-corrected chi connectivity index (χ2v) is 11.1. The summed E-state index contributed by atoms with van der Waals surface area (Å²) in [6, 6.07) is 13.9. The van der Waals surface area contributed by atoms with Crippen molar-refractivity contribution in [2.24, 2.45) is 4.99 Å². The van der Waals surface area contributed by atoms with Crippen molar-refractivity contribution in [3.8, 4) is 22.0 Å². The van der Waals surface area contributed by atoms with Gasteiger partial charge in [-0.25, -0.2) is 24.3 Å². The summed E-state index contributed by atoms with van der Waals surface area (Å²) in [5, 5.41) is 15.0. The van der Waals surface area contributed by atoms with Crippen LogP contribution in [0.25, 0.3) is 22.0 Å². The highest BCUT2D eigenvalue weighted by Crippen LogP contribution is 2.44. The normalized spacial score (nSPS) is 16.7. The first-order valence-electron chi connectivity index (χ1n) is 13.7. The number of nitrogens with one attached hydrogen (secondary N) is 2. The lowest BCUT2D eigenvalue weighted by Gasteiger charge is -2.22. The van der Waals surface area contributed by atoms with Gasteiger partial charge < -0.3 is 15.1 Å².